The third kappa shape index (κ3) is 3.82. The van der Waals surface area contributed by atoms with Gasteiger partial charge in [-0.25, -0.2) is 0 Å². The Balaban J connectivity index is 2.89. The van der Waals surface area contributed by atoms with E-state index in [4.69, 9.17) is 5.73 Å². The smallest absolute Gasteiger partial charge is 0.251 e. The highest BCUT2D eigenvalue weighted by atomic mass is 32.1. The van der Waals surface area contributed by atoms with Gasteiger partial charge in [-0.2, -0.15) is 0 Å². The van der Waals surface area contributed by atoms with Crippen LogP contribution in [0, 0.1) is 19.8 Å². The Morgan fingerprint density at radius 3 is 2.45 bits per heavy atom. The van der Waals surface area contributed by atoms with Crippen LogP contribution in [0.1, 0.15) is 60.3 Å². The lowest BCUT2D eigenvalue weighted by Crippen LogP contribution is -2.23. The van der Waals surface area contributed by atoms with Gasteiger partial charge in [-0.3, -0.25) is 9.59 Å². The summed E-state index contributed by atoms with van der Waals surface area (Å²) in [5, 5.41) is 3.48. The number of hydrogen-bond donors (Lipinski definition) is 2. The van der Waals surface area contributed by atoms with Crippen molar-refractivity contribution in [1.29, 1.82) is 0 Å². The van der Waals surface area contributed by atoms with Gasteiger partial charge in [0.25, 0.3) is 5.91 Å². The monoisotopic (exact) mass is 296 g/mol. The van der Waals surface area contributed by atoms with Crippen molar-refractivity contribution in [1.82, 2.24) is 0 Å². The van der Waals surface area contributed by atoms with Crippen molar-refractivity contribution in [3.8, 4) is 0 Å². The van der Waals surface area contributed by atoms with E-state index in [0.717, 1.165) is 36.1 Å². The molecule has 1 unspecified atom stereocenters. The maximum atomic E-state index is 12.3. The number of nitrogens with two attached hydrogens (primary N) is 1. The molecule has 0 bridgehead atoms. The normalized spacial score (nSPS) is 12.2. The van der Waals surface area contributed by atoms with Crippen LogP contribution in [0.2, 0.25) is 0 Å². The molecule has 3 N–H and O–H groups in total. The third-order valence-corrected chi connectivity index (χ3v) is 4.76. The first-order chi connectivity index (χ1) is 9.42. The number of carbonyl (C=O) groups excluding carboxylic acids is 2. The predicted octanol–water partition coefficient (Wildman–Crippen LogP) is 3.62. The minimum Gasteiger partial charge on any atom is -0.365 e. The van der Waals surface area contributed by atoms with Crippen LogP contribution in [-0.2, 0) is 4.79 Å². The largest absolute Gasteiger partial charge is 0.365 e. The SMILES string of the molecule is CCCCC(CC)C(=O)Nc1sc(C)c(C)c1C(N)=O. The fourth-order valence-electron chi connectivity index (χ4n) is 2.20. The first kappa shape index (κ1) is 16.7. The molecule has 0 aliphatic rings. The summed E-state index contributed by atoms with van der Waals surface area (Å²) in [5.41, 5.74) is 6.72. The lowest BCUT2D eigenvalue weighted by Gasteiger charge is -2.14. The Morgan fingerprint density at radius 2 is 1.95 bits per heavy atom. The van der Waals surface area contributed by atoms with Gasteiger partial charge in [0, 0.05) is 10.8 Å². The fourth-order valence-corrected chi connectivity index (χ4v) is 3.27. The Hall–Kier alpha value is -1.36. The number of primary amides is 1. The van der Waals surface area contributed by atoms with Gasteiger partial charge in [0.1, 0.15) is 5.00 Å². The van der Waals surface area contributed by atoms with Crippen LogP contribution in [-0.4, -0.2) is 11.8 Å². The zero-order chi connectivity index (χ0) is 15.3. The van der Waals surface area contributed by atoms with Gasteiger partial charge in [-0.1, -0.05) is 26.7 Å². The molecule has 0 saturated carbocycles. The van der Waals surface area contributed by atoms with Crippen LogP contribution in [0.4, 0.5) is 5.00 Å². The van der Waals surface area contributed by atoms with Crippen molar-refractivity contribution in [2.24, 2.45) is 11.7 Å². The van der Waals surface area contributed by atoms with Gasteiger partial charge >= 0.3 is 0 Å². The number of thiophene rings is 1. The molecule has 0 saturated heterocycles. The summed E-state index contributed by atoms with van der Waals surface area (Å²) in [7, 11) is 0. The van der Waals surface area contributed by atoms with Gasteiger partial charge in [0.05, 0.1) is 5.56 Å². The lowest BCUT2D eigenvalue weighted by atomic mass is 9.98. The molecule has 1 heterocycles. The molecule has 4 nitrogen and oxygen atoms in total. The molecule has 0 fully saturated rings. The van der Waals surface area contributed by atoms with Crippen LogP contribution in [0.3, 0.4) is 0 Å². The number of hydrogen-bond acceptors (Lipinski definition) is 3. The van der Waals surface area contributed by atoms with Crippen molar-refractivity contribution in [2.75, 3.05) is 5.32 Å². The van der Waals surface area contributed by atoms with Crippen LogP contribution < -0.4 is 11.1 Å². The van der Waals surface area contributed by atoms with Crippen molar-refractivity contribution in [3.05, 3.63) is 16.0 Å². The lowest BCUT2D eigenvalue weighted by molar-refractivity contribution is -0.120. The summed E-state index contributed by atoms with van der Waals surface area (Å²) in [5.74, 6) is -0.494. The van der Waals surface area contributed by atoms with Gasteiger partial charge in [-0.15, -0.1) is 11.3 Å². The maximum absolute atomic E-state index is 12.3. The van der Waals surface area contributed by atoms with E-state index in [-0.39, 0.29) is 11.8 Å². The number of carbonyl (C=O) groups is 2. The van der Waals surface area contributed by atoms with E-state index in [1.807, 2.05) is 20.8 Å². The highest BCUT2D eigenvalue weighted by Gasteiger charge is 2.22. The molecule has 1 atom stereocenters. The quantitative estimate of drug-likeness (QED) is 0.806. The summed E-state index contributed by atoms with van der Waals surface area (Å²) < 4.78 is 0. The van der Waals surface area contributed by atoms with E-state index in [1.54, 1.807) is 0 Å². The van der Waals surface area contributed by atoms with Crippen molar-refractivity contribution in [3.63, 3.8) is 0 Å². The predicted molar refractivity (Wildman–Crippen MR) is 84.2 cm³/mol. The van der Waals surface area contributed by atoms with Crippen molar-refractivity contribution in [2.45, 2.75) is 53.4 Å². The molecule has 1 aromatic rings. The van der Waals surface area contributed by atoms with Gasteiger partial charge in [0.15, 0.2) is 0 Å². The third-order valence-electron chi connectivity index (χ3n) is 3.64. The second kappa shape index (κ2) is 7.43. The molecule has 20 heavy (non-hydrogen) atoms. The van der Waals surface area contributed by atoms with E-state index in [2.05, 4.69) is 12.2 Å². The first-order valence-electron chi connectivity index (χ1n) is 7.12. The highest BCUT2D eigenvalue weighted by molar-refractivity contribution is 7.16. The molecular weight excluding hydrogens is 272 g/mol. The van der Waals surface area contributed by atoms with Crippen LogP contribution >= 0.6 is 11.3 Å². The first-order valence-corrected chi connectivity index (χ1v) is 7.94. The molecule has 112 valence electrons. The molecular formula is C15H24N2O2S. The Labute approximate surface area is 124 Å². The summed E-state index contributed by atoms with van der Waals surface area (Å²) in [6.07, 6.45) is 3.81. The van der Waals surface area contributed by atoms with Crippen LogP contribution in [0.5, 0.6) is 0 Å². The average Bonchev–Trinajstić information content (AvgIpc) is 2.65. The van der Waals surface area contributed by atoms with Gasteiger partial charge in [-0.05, 0) is 32.3 Å². The summed E-state index contributed by atoms with van der Waals surface area (Å²) in [6.45, 7) is 7.91. The molecule has 0 aliphatic carbocycles. The molecule has 1 aromatic heterocycles. The number of anilines is 1. The second-order valence-corrected chi connectivity index (χ2v) is 6.31. The molecule has 0 aliphatic heterocycles. The molecule has 0 radical (unpaired) electrons. The van der Waals surface area contributed by atoms with Crippen LogP contribution in [0.15, 0.2) is 0 Å². The minimum absolute atomic E-state index is 0.00149. The average molecular weight is 296 g/mol. The summed E-state index contributed by atoms with van der Waals surface area (Å²) >= 11 is 1.42. The fraction of sp³-hybridized carbons (Fsp3) is 0.600. The number of nitrogens with one attached hydrogen (secondary N) is 1. The number of rotatable bonds is 7. The second-order valence-electron chi connectivity index (χ2n) is 5.09. The van der Waals surface area contributed by atoms with E-state index in [0.29, 0.717) is 10.6 Å². The molecule has 2 amide bonds. The Bertz CT molecular complexity index is 494. The summed E-state index contributed by atoms with van der Waals surface area (Å²) in [4.78, 5) is 24.8. The number of aryl methyl sites for hydroxylation is 1. The number of unbranched alkanes of at least 4 members (excludes halogenated alkanes) is 1. The zero-order valence-electron chi connectivity index (χ0n) is 12.7. The van der Waals surface area contributed by atoms with E-state index < -0.39 is 5.91 Å². The Kier molecular flexibility index (Phi) is 6.20. The minimum atomic E-state index is -0.483. The van der Waals surface area contributed by atoms with E-state index in [1.165, 1.54) is 11.3 Å². The van der Waals surface area contributed by atoms with Crippen molar-refractivity contribution < 1.29 is 9.59 Å². The highest BCUT2D eigenvalue weighted by Crippen LogP contribution is 2.32. The molecule has 0 aromatic carbocycles. The van der Waals surface area contributed by atoms with Gasteiger partial charge < -0.3 is 11.1 Å². The van der Waals surface area contributed by atoms with Crippen molar-refractivity contribution >= 4 is 28.2 Å². The zero-order valence-corrected chi connectivity index (χ0v) is 13.5. The molecule has 5 heteroatoms. The van der Waals surface area contributed by atoms with E-state index >= 15 is 0 Å². The van der Waals surface area contributed by atoms with E-state index in [9.17, 15) is 9.59 Å². The summed E-state index contributed by atoms with van der Waals surface area (Å²) in [6, 6.07) is 0. The molecule has 0 spiro atoms. The number of amides is 2. The maximum Gasteiger partial charge on any atom is 0.251 e. The standard InChI is InChI=1S/C15H24N2O2S/c1-5-7-8-11(6-2)14(19)17-15-12(13(16)18)9(3)10(4)20-15/h11H,5-8H2,1-4H3,(H2,16,18)(H,17,19). The van der Waals surface area contributed by atoms with Gasteiger partial charge in [0.2, 0.25) is 5.91 Å². The molecule has 1 rings (SSSR count). The topological polar surface area (TPSA) is 72.2 Å². The van der Waals surface area contributed by atoms with Crippen LogP contribution in [0.25, 0.3) is 0 Å². The Morgan fingerprint density at radius 1 is 1.30 bits per heavy atom.